The Morgan fingerprint density at radius 1 is 1.90 bits per heavy atom. The van der Waals surface area contributed by atoms with Gasteiger partial charge in [-0.05, 0) is 13.0 Å². The van der Waals surface area contributed by atoms with Gasteiger partial charge < -0.3 is 4.74 Å². The Morgan fingerprint density at radius 2 is 2.40 bits per heavy atom. The van der Waals surface area contributed by atoms with E-state index in [-0.39, 0.29) is 5.97 Å². The molecule has 0 aromatic heterocycles. The minimum Gasteiger partial charge on any atom is -0.454 e. The minimum atomic E-state index is -0.564. The predicted molar refractivity (Wildman–Crippen MR) is 44.2 cm³/mol. The van der Waals surface area contributed by atoms with Crippen molar-refractivity contribution < 1.29 is 9.53 Å². The first kappa shape index (κ1) is 9.69. The first-order chi connectivity index (χ1) is 4.54. The molecule has 0 aliphatic carbocycles. The lowest BCUT2D eigenvalue weighted by Gasteiger charge is -2.22. The van der Waals surface area contributed by atoms with Gasteiger partial charge in [-0.2, -0.15) is 0 Å². The third-order valence-electron chi connectivity index (χ3n) is 1.07. The zero-order chi connectivity index (χ0) is 8.20. The van der Waals surface area contributed by atoms with Gasteiger partial charge in [-0.1, -0.05) is 22.5 Å². The summed E-state index contributed by atoms with van der Waals surface area (Å²) in [7, 11) is 0. The highest BCUT2D eigenvalue weighted by atomic mass is 79.9. The van der Waals surface area contributed by atoms with Crippen LogP contribution >= 0.6 is 15.9 Å². The predicted octanol–water partition coefficient (Wildman–Crippen LogP) is 1.89. The van der Waals surface area contributed by atoms with E-state index in [1.54, 1.807) is 13.0 Å². The summed E-state index contributed by atoms with van der Waals surface area (Å²) in [6.45, 7) is 6.72. The monoisotopic (exact) mass is 206 g/mol. The fraction of sp³-hybridized carbons (Fsp3) is 0.571. The van der Waals surface area contributed by atoms with E-state index in [0.29, 0.717) is 5.33 Å². The maximum atomic E-state index is 10.5. The van der Waals surface area contributed by atoms with E-state index in [1.165, 1.54) is 6.92 Å². The van der Waals surface area contributed by atoms with Crippen molar-refractivity contribution >= 4 is 21.9 Å². The number of rotatable bonds is 3. The van der Waals surface area contributed by atoms with Gasteiger partial charge in [0, 0.05) is 12.3 Å². The fourth-order valence-electron chi connectivity index (χ4n) is 0.452. The number of halogens is 1. The van der Waals surface area contributed by atoms with Crippen molar-refractivity contribution in [2.75, 3.05) is 5.33 Å². The summed E-state index contributed by atoms with van der Waals surface area (Å²) in [4.78, 5) is 10.5. The van der Waals surface area contributed by atoms with Crippen molar-refractivity contribution in [3.05, 3.63) is 12.7 Å². The van der Waals surface area contributed by atoms with Crippen molar-refractivity contribution in [1.29, 1.82) is 0 Å². The Hall–Kier alpha value is -0.310. The van der Waals surface area contributed by atoms with Gasteiger partial charge in [-0.3, -0.25) is 4.79 Å². The normalized spacial score (nSPS) is 15.5. The number of ether oxygens (including phenoxy) is 1. The van der Waals surface area contributed by atoms with E-state index in [4.69, 9.17) is 4.74 Å². The zero-order valence-corrected chi connectivity index (χ0v) is 7.77. The van der Waals surface area contributed by atoms with Crippen LogP contribution < -0.4 is 0 Å². The lowest BCUT2D eigenvalue weighted by Crippen LogP contribution is -2.29. The third kappa shape index (κ3) is 3.01. The summed E-state index contributed by atoms with van der Waals surface area (Å²) >= 11 is 3.21. The quantitative estimate of drug-likeness (QED) is 0.401. The number of hydrogen-bond donors (Lipinski definition) is 0. The molecule has 58 valence electrons. The highest BCUT2D eigenvalue weighted by Crippen LogP contribution is 2.14. The lowest BCUT2D eigenvalue weighted by atomic mass is 10.1. The first-order valence-corrected chi connectivity index (χ1v) is 4.05. The molecule has 0 bridgehead atoms. The largest absolute Gasteiger partial charge is 0.454 e. The molecule has 1 unspecified atom stereocenters. The van der Waals surface area contributed by atoms with E-state index in [9.17, 15) is 4.79 Å². The van der Waals surface area contributed by atoms with Crippen LogP contribution in [0.1, 0.15) is 13.8 Å². The number of alkyl halides is 1. The van der Waals surface area contributed by atoms with Gasteiger partial charge >= 0.3 is 5.97 Å². The summed E-state index contributed by atoms with van der Waals surface area (Å²) in [6, 6.07) is 0. The molecular formula is C7H11BrO2. The molecule has 0 aliphatic rings. The molecule has 0 aromatic rings. The Balaban J connectivity index is 4.05. The third-order valence-corrected chi connectivity index (χ3v) is 2.19. The number of carbonyl (C=O) groups excluding carboxylic acids is 1. The maximum absolute atomic E-state index is 10.5. The molecular weight excluding hydrogens is 196 g/mol. The second-order valence-corrected chi connectivity index (χ2v) is 2.80. The van der Waals surface area contributed by atoms with E-state index in [2.05, 4.69) is 22.5 Å². The Morgan fingerprint density at radius 3 is 2.50 bits per heavy atom. The van der Waals surface area contributed by atoms with Crippen LogP contribution in [0.4, 0.5) is 0 Å². The highest BCUT2D eigenvalue weighted by Gasteiger charge is 2.21. The molecule has 0 heterocycles. The van der Waals surface area contributed by atoms with Crippen molar-refractivity contribution in [2.24, 2.45) is 0 Å². The molecule has 0 saturated heterocycles. The molecule has 0 spiro atoms. The molecule has 0 rings (SSSR count). The second kappa shape index (κ2) is 3.76. The van der Waals surface area contributed by atoms with Gasteiger partial charge in [-0.15, -0.1) is 0 Å². The SMILES string of the molecule is C=CC(C)(CBr)OC(C)=O. The van der Waals surface area contributed by atoms with Crippen molar-refractivity contribution in [3.8, 4) is 0 Å². The molecule has 0 amide bonds. The molecule has 1 atom stereocenters. The van der Waals surface area contributed by atoms with E-state index in [0.717, 1.165) is 0 Å². The Labute approximate surface area is 69.4 Å². The van der Waals surface area contributed by atoms with Gasteiger partial charge in [0.15, 0.2) is 0 Å². The van der Waals surface area contributed by atoms with Gasteiger partial charge in [0.1, 0.15) is 5.60 Å². The standard InChI is InChI=1S/C7H11BrO2/c1-4-7(3,5-8)10-6(2)9/h4H,1,5H2,2-3H3. The van der Waals surface area contributed by atoms with E-state index in [1.807, 2.05) is 0 Å². The van der Waals surface area contributed by atoms with Gasteiger partial charge in [0.2, 0.25) is 0 Å². The zero-order valence-electron chi connectivity index (χ0n) is 6.19. The van der Waals surface area contributed by atoms with Crippen molar-refractivity contribution in [2.45, 2.75) is 19.4 Å². The Bertz CT molecular complexity index is 145. The topological polar surface area (TPSA) is 26.3 Å². The smallest absolute Gasteiger partial charge is 0.303 e. The number of hydrogen-bond acceptors (Lipinski definition) is 2. The summed E-state index contributed by atoms with van der Waals surface area (Å²) in [5.41, 5.74) is -0.564. The van der Waals surface area contributed by atoms with Crippen molar-refractivity contribution in [1.82, 2.24) is 0 Å². The molecule has 0 saturated carbocycles. The molecule has 10 heavy (non-hydrogen) atoms. The van der Waals surface area contributed by atoms with E-state index < -0.39 is 5.60 Å². The Kier molecular flexibility index (Phi) is 3.64. The number of carbonyl (C=O) groups is 1. The first-order valence-electron chi connectivity index (χ1n) is 2.93. The molecule has 0 aromatic carbocycles. The lowest BCUT2D eigenvalue weighted by molar-refractivity contribution is -0.149. The summed E-state index contributed by atoms with van der Waals surface area (Å²) in [5.74, 6) is -0.290. The molecule has 2 nitrogen and oxygen atoms in total. The maximum Gasteiger partial charge on any atom is 0.303 e. The minimum absolute atomic E-state index is 0.290. The van der Waals surface area contributed by atoms with Gasteiger partial charge in [-0.25, -0.2) is 0 Å². The molecule has 0 N–H and O–H groups in total. The summed E-state index contributed by atoms with van der Waals surface area (Å²) in [6.07, 6.45) is 1.60. The van der Waals surface area contributed by atoms with Crippen LogP contribution in [0.5, 0.6) is 0 Å². The van der Waals surface area contributed by atoms with Crippen LogP contribution in [0.15, 0.2) is 12.7 Å². The number of esters is 1. The second-order valence-electron chi connectivity index (χ2n) is 2.24. The summed E-state index contributed by atoms with van der Waals surface area (Å²) in [5, 5.41) is 0.573. The average Bonchev–Trinajstić information content (AvgIpc) is 1.87. The van der Waals surface area contributed by atoms with Crippen LogP contribution in [0.2, 0.25) is 0 Å². The summed E-state index contributed by atoms with van der Waals surface area (Å²) < 4.78 is 4.93. The molecule has 0 radical (unpaired) electrons. The highest BCUT2D eigenvalue weighted by molar-refractivity contribution is 9.09. The van der Waals surface area contributed by atoms with Crippen LogP contribution in [0.3, 0.4) is 0 Å². The molecule has 3 heteroatoms. The van der Waals surface area contributed by atoms with Gasteiger partial charge in [0.25, 0.3) is 0 Å². The van der Waals surface area contributed by atoms with Crippen LogP contribution in [-0.4, -0.2) is 16.9 Å². The van der Waals surface area contributed by atoms with Crippen LogP contribution in [0, 0.1) is 0 Å². The van der Waals surface area contributed by atoms with Crippen LogP contribution in [0.25, 0.3) is 0 Å². The van der Waals surface area contributed by atoms with Crippen LogP contribution in [-0.2, 0) is 9.53 Å². The molecule has 0 aliphatic heterocycles. The van der Waals surface area contributed by atoms with Gasteiger partial charge in [0.05, 0.1) is 0 Å². The average molecular weight is 207 g/mol. The molecule has 0 fully saturated rings. The van der Waals surface area contributed by atoms with Crippen molar-refractivity contribution in [3.63, 3.8) is 0 Å². The van der Waals surface area contributed by atoms with E-state index >= 15 is 0 Å². The fourth-order valence-corrected chi connectivity index (χ4v) is 0.795.